The van der Waals surface area contributed by atoms with E-state index in [9.17, 15) is 0 Å². The number of anilines is 1. The number of methoxy groups -OCH3 is 1. The standard InChI is InChI=1S/C19H32N4O/c1-4-20-19(21-11-8-14-24-3)22-16(2)17-9-7-10-18(15-17)23-12-5-6-13-23/h7,9-10,15-16H,4-6,8,11-14H2,1-3H3,(H2,20,21,22). The van der Waals surface area contributed by atoms with E-state index in [2.05, 4.69) is 58.6 Å². The zero-order chi connectivity index (χ0) is 17.2. The monoisotopic (exact) mass is 332 g/mol. The summed E-state index contributed by atoms with van der Waals surface area (Å²) in [7, 11) is 1.72. The Morgan fingerprint density at radius 2 is 2.12 bits per heavy atom. The molecule has 0 bridgehead atoms. The highest BCUT2D eigenvalue weighted by Crippen LogP contribution is 2.23. The zero-order valence-corrected chi connectivity index (χ0v) is 15.3. The lowest BCUT2D eigenvalue weighted by molar-refractivity contribution is 0.197. The summed E-state index contributed by atoms with van der Waals surface area (Å²) in [5.41, 5.74) is 2.63. The molecule has 0 radical (unpaired) electrons. The lowest BCUT2D eigenvalue weighted by Crippen LogP contribution is -2.38. The first-order valence-corrected chi connectivity index (χ1v) is 9.13. The van der Waals surface area contributed by atoms with Crippen molar-refractivity contribution in [2.45, 2.75) is 39.2 Å². The summed E-state index contributed by atoms with van der Waals surface area (Å²) in [6.07, 6.45) is 3.54. The molecule has 1 unspecified atom stereocenters. The summed E-state index contributed by atoms with van der Waals surface area (Å²) in [5, 5.41) is 6.83. The van der Waals surface area contributed by atoms with Crippen molar-refractivity contribution in [1.82, 2.24) is 10.6 Å². The third kappa shape index (κ3) is 5.71. The fourth-order valence-corrected chi connectivity index (χ4v) is 2.97. The normalized spacial score (nSPS) is 16.3. The number of guanidine groups is 1. The molecule has 1 saturated heterocycles. The van der Waals surface area contributed by atoms with Gasteiger partial charge in [-0.1, -0.05) is 12.1 Å². The molecule has 1 aliphatic heterocycles. The lowest BCUT2D eigenvalue weighted by atomic mass is 10.1. The third-order valence-corrected chi connectivity index (χ3v) is 4.32. The third-order valence-electron chi connectivity index (χ3n) is 4.32. The molecule has 1 aliphatic rings. The van der Waals surface area contributed by atoms with Crippen LogP contribution < -0.4 is 15.5 Å². The maximum absolute atomic E-state index is 5.08. The molecule has 5 nitrogen and oxygen atoms in total. The molecular weight excluding hydrogens is 300 g/mol. The minimum Gasteiger partial charge on any atom is -0.385 e. The van der Waals surface area contributed by atoms with Crippen molar-refractivity contribution >= 4 is 11.6 Å². The average Bonchev–Trinajstić information content (AvgIpc) is 3.13. The molecule has 1 atom stereocenters. The number of ether oxygens (including phenoxy) is 1. The van der Waals surface area contributed by atoms with Gasteiger partial charge in [0.1, 0.15) is 0 Å². The molecule has 1 heterocycles. The molecule has 2 N–H and O–H groups in total. The van der Waals surface area contributed by atoms with E-state index in [1.165, 1.54) is 37.2 Å². The Hall–Kier alpha value is -1.75. The number of rotatable bonds is 8. The molecule has 5 heteroatoms. The van der Waals surface area contributed by atoms with Crippen molar-refractivity contribution in [3.05, 3.63) is 29.8 Å². The molecular formula is C19H32N4O. The van der Waals surface area contributed by atoms with E-state index in [0.717, 1.165) is 32.1 Å². The maximum atomic E-state index is 5.08. The van der Waals surface area contributed by atoms with Gasteiger partial charge in [0.05, 0.1) is 6.04 Å². The van der Waals surface area contributed by atoms with Gasteiger partial charge < -0.3 is 20.3 Å². The molecule has 0 spiro atoms. The van der Waals surface area contributed by atoms with Gasteiger partial charge in [-0.05, 0) is 50.8 Å². The van der Waals surface area contributed by atoms with Crippen LogP contribution in [0.15, 0.2) is 29.3 Å². The number of hydrogen-bond acceptors (Lipinski definition) is 3. The molecule has 0 aromatic heterocycles. The Bertz CT molecular complexity index is 512. The van der Waals surface area contributed by atoms with E-state index >= 15 is 0 Å². The van der Waals surface area contributed by atoms with Crippen molar-refractivity contribution in [1.29, 1.82) is 0 Å². The minimum absolute atomic E-state index is 0.216. The summed E-state index contributed by atoms with van der Waals surface area (Å²) >= 11 is 0. The number of hydrogen-bond donors (Lipinski definition) is 2. The Morgan fingerprint density at radius 1 is 1.33 bits per heavy atom. The summed E-state index contributed by atoms with van der Waals surface area (Å²) in [5.74, 6) is 0.868. The second kappa shape index (κ2) is 10.2. The first kappa shape index (κ1) is 18.6. The Morgan fingerprint density at radius 3 is 2.83 bits per heavy atom. The largest absolute Gasteiger partial charge is 0.385 e. The van der Waals surface area contributed by atoms with Crippen LogP contribution in [-0.4, -0.2) is 45.9 Å². The lowest BCUT2D eigenvalue weighted by Gasteiger charge is -2.22. The number of aliphatic imine (C=N–C) groups is 1. The van der Waals surface area contributed by atoms with E-state index in [0.29, 0.717) is 0 Å². The summed E-state index contributed by atoms with van der Waals surface area (Å²) in [6, 6.07) is 9.08. The highest BCUT2D eigenvalue weighted by atomic mass is 16.5. The van der Waals surface area contributed by atoms with Crippen molar-refractivity contribution in [3.8, 4) is 0 Å². The first-order chi connectivity index (χ1) is 11.7. The molecule has 0 amide bonds. The summed E-state index contributed by atoms with van der Waals surface area (Å²) in [6.45, 7) is 9.00. The van der Waals surface area contributed by atoms with Crippen molar-refractivity contribution in [2.75, 3.05) is 44.8 Å². The SMILES string of the molecule is CCNC(=NCCCOC)NC(C)c1cccc(N2CCCC2)c1. The maximum Gasteiger partial charge on any atom is 0.191 e. The fourth-order valence-electron chi connectivity index (χ4n) is 2.97. The van der Waals surface area contributed by atoms with Crippen LogP contribution in [0.1, 0.15) is 44.7 Å². The van der Waals surface area contributed by atoms with Crippen LogP contribution in [0.4, 0.5) is 5.69 Å². The molecule has 24 heavy (non-hydrogen) atoms. The van der Waals surface area contributed by atoms with Crippen LogP contribution in [0.2, 0.25) is 0 Å². The highest BCUT2D eigenvalue weighted by molar-refractivity contribution is 5.80. The van der Waals surface area contributed by atoms with Crippen LogP contribution in [0, 0.1) is 0 Å². The zero-order valence-electron chi connectivity index (χ0n) is 15.3. The van der Waals surface area contributed by atoms with Crippen molar-refractivity contribution < 1.29 is 4.74 Å². The predicted octanol–water partition coefficient (Wildman–Crippen LogP) is 2.94. The van der Waals surface area contributed by atoms with Gasteiger partial charge in [0, 0.05) is 45.6 Å². The van der Waals surface area contributed by atoms with E-state index in [-0.39, 0.29) is 6.04 Å². The average molecular weight is 332 g/mol. The van der Waals surface area contributed by atoms with Gasteiger partial charge in [-0.15, -0.1) is 0 Å². The Labute approximate surface area is 146 Å². The van der Waals surface area contributed by atoms with E-state index < -0.39 is 0 Å². The molecule has 0 saturated carbocycles. The van der Waals surface area contributed by atoms with E-state index in [1.54, 1.807) is 7.11 Å². The van der Waals surface area contributed by atoms with E-state index in [4.69, 9.17) is 4.74 Å². The van der Waals surface area contributed by atoms with Gasteiger partial charge >= 0.3 is 0 Å². The van der Waals surface area contributed by atoms with Crippen molar-refractivity contribution in [2.24, 2.45) is 4.99 Å². The van der Waals surface area contributed by atoms with Gasteiger partial charge in [0.2, 0.25) is 0 Å². The van der Waals surface area contributed by atoms with Gasteiger partial charge in [0.15, 0.2) is 5.96 Å². The molecule has 1 aromatic rings. The molecule has 2 rings (SSSR count). The second-order valence-corrected chi connectivity index (χ2v) is 6.26. The number of nitrogens with one attached hydrogen (secondary N) is 2. The minimum atomic E-state index is 0.216. The van der Waals surface area contributed by atoms with Gasteiger partial charge in [-0.3, -0.25) is 4.99 Å². The molecule has 0 aliphatic carbocycles. The Balaban J connectivity index is 1.97. The van der Waals surface area contributed by atoms with Crippen LogP contribution in [-0.2, 0) is 4.74 Å². The second-order valence-electron chi connectivity index (χ2n) is 6.26. The molecule has 134 valence electrons. The van der Waals surface area contributed by atoms with E-state index in [1.807, 2.05) is 0 Å². The van der Waals surface area contributed by atoms with Crippen LogP contribution in [0.3, 0.4) is 0 Å². The summed E-state index contributed by atoms with van der Waals surface area (Å²) in [4.78, 5) is 7.09. The summed E-state index contributed by atoms with van der Waals surface area (Å²) < 4.78 is 5.08. The molecule has 1 aromatic carbocycles. The Kier molecular flexibility index (Phi) is 7.89. The highest BCUT2D eigenvalue weighted by Gasteiger charge is 2.14. The predicted molar refractivity (Wildman–Crippen MR) is 102 cm³/mol. The van der Waals surface area contributed by atoms with Crippen LogP contribution in [0.5, 0.6) is 0 Å². The number of benzene rings is 1. The smallest absolute Gasteiger partial charge is 0.191 e. The quantitative estimate of drug-likeness (QED) is 0.436. The molecule has 1 fully saturated rings. The number of nitrogens with zero attached hydrogens (tertiary/aromatic N) is 2. The topological polar surface area (TPSA) is 48.9 Å². The van der Waals surface area contributed by atoms with Crippen LogP contribution in [0.25, 0.3) is 0 Å². The van der Waals surface area contributed by atoms with Gasteiger partial charge in [0.25, 0.3) is 0 Å². The van der Waals surface area contributed by atoms with Gasteiger partial charge in [-0.25, -0.2) is 0 Å². The van der Waals surface area contributed by atoms with Gasteiger partial charge in [-0.2, -0.15) is 0 Å². The fraction of sp³-hybridized carbons (Fsp3) is 0.632. The van der Waals surface area contributed by atoms with Crippen molar-refractivity contribution in [3.63, 3.8) is 0 Å². The van der Waals surface area contributed by atoms with Crippen LogP contribution >= 0.6 is 0 Å². The first-order valence-electron chi connectivity index (χ1n) is 9.13.